The summed E-state index contributed by atoms with van der Waals surface area (Å²) in [5.41, 5.74) is 11.4. The quantitative estimate of drug-likeness (QED) is 0.0805. The summed E-state index contributed by atoms with van der Waals surface area (Å²) in [6.07, 6.45) is 8.01. The van der Waals surface area contributed by atoms with Gasteiger partial charge in [0.2, 0.25) is 0 Å². The standard InChI is InChI=1S/C43H55N3O6/c1-27(9-18-38(50)52-26-30-7-5-4-6-8-30)32-15-16-33-39-34(24-36(48)42(32,33)3)41(2)21-22-43(51,25-31(41)23-35(39)47)20-19-29-12-10-28(11-13-29)14-17-37(49)46-40(44)45/h4-8,10-14,17,27,31-36,39,47-48,51H,9,15-16,18,21-26H2,1-3H3,(H4,44,45,46,49)/b17-14+/t27?,31?,32?,33?,34?,35-,36+,39?,41+,42-,43-/m1/s1. The zero-order valence-electron chi connectivity index (χ0n) is 30.7. The monoisotopic (exact) mass is 709 g/mol. The first-order chi connectivity index (χ1) is 24.7. The summed E-state index contributed by atoms with van der Waals surface area (Å²) in [4.78, 5) is 27.8. The Morgan fingerprint density at radius 1 is 1.02 bits per heavy atom. The molecule has 4 aliphatic carbocycles. The number of carbonyl (C=O) groups excluding carboxylic acids is 2. The number of guanidine groups is 1. The van der Waals surface area contributed by atoms with E-state index in [0.717, 1.165) is 36.0 Å². The van der Waals surface area contributed by atoms with Gasteiger partial charge in [-0.3, -0.25) is 9.59 Å². The highest BCUT2D eigenvalue weighted by atomic mass is 16.5. The third kappa shape index (κ3) is 7.71. The lowest BCUT2D eigenvalue weighted by Crippen LogP contribution is -2.63. The summed E-state index contributed by atoms with van der Waals surface area (Å²) < 4.78 is 5.55. The molecule has 6 unspecified atom stereocenters. The van der Waals surface area contributed by atoms with E-state index in [1.54, 1.807) is 6.08 Å². The molecule has 4 aliphatic rings. The van der Waals surface area contributed by atoms with Crippen LogP contribution in [0, 0.1) is 58.2 Å². The molecule has 9 heteroatoms. The van der Waals surface area contributed by atoms with Gasteiger partial charge in [0.1, 0.15) is 12.2 Å². The molecule has 2 aromatic carbocycles. The molecule has 0 aromatic heterocycles. The molecular weight excluding hydrogens is 654 g/mol. The Balaban J connectivity index is 1.08. The van der Waals surface area contributed by atoms with Crippen LogP contribution in [0.4, 0.5) is 0 Å². The second-order valence-electron chi connectivity index (χ2n) is 16.6. The highest BCUT2D eigenvalue weighted by molar-refractivity contribution is 5.99. The summed E-state index contributed by atoms with van der Waals surface area (Å²) in [6, 6.07) is 17.1. The first kappa shape index (κ1) is 37.8. The zero-order valence-corrected chi connectivity index (χ0v) is 30.7. The lowest BCUT2D eigenvalue weighted by atomic mass is 9.42. The van der Waals surface area contributed by atoms with Crippen molar-refractivity contribution in [2.75, 3.05) is 0 Å². The van der Waals surface area contributed by atoms with Gasteiger partial charge in [0.05, 0.1) is 12.2 Å². The topological polar surface area (TPSA) is 168 Å². The number of nitrogens with zero attached hydrogens (tertiary/aromatic N) is 1. The molecule has 6 rings (SSSR count). The van der Waals surface area contributed by atoms with Gasteiger partial charge in [-0.15, -0.1) is 0 Å². The molecule has 7 N–H and O–H groups in total. The maximum Gasteiger partial charge on any atom is 0.306 e. The van der Waals surface area contributed by atoms with Crippen LogP contribution >= 0.6 is 0 Å². The fraction of sp³-hybridized carbons (Fsp3) is 0.558. The van der Waals surface area contributed by atoms with E-state index in [1.807, 2.05) is 54.6 Å². The van der Waals surface area contributed by atoms with E-state index >= 15 is 0 Å². The van der Waals surface area contributed by atoms with Crippen LogP contribution in [0.15, 0.2) is 65.7 Å². The third-order valence-electron chi connectivity index (χ3n) is 13.7. The van der Waals surface area contributed by atoms with Crippen LogP contribution in [-0.2, 0) is 20.9 Å². The Bertz CT molecular complexity index is 1730. The van der Waals surface area contributed by atoms with Crippen molar-refractivity contribution in [1.29, 1.82) is 0 Å². The number of esters is 1. The Labute approximate surface area is 307 Å². The number of aliphatic hydroxyl groups excluding tert-OH is 2. The molecule has 0 heterocycles. The van der Waals surface area contributed by atoms with E-state index in [-0.39, 0.29) is 64.9 Å². The summed E-state index contributed by atoms with van der Waals surface area (Å²) in [6.45, 7) is 7.06. The van der Waals surface area contributed by atoms with Crippen molar-refractivity contribution in [2.24, 2.45) is 62.8 Å². The molecule has 4 fully saturated rings. The lowest BCUT2D eigenvalue weighted by molar-refractivity contribution is -0.211. The molecule has 1 amide bonds. The number of hydrogen-bond acceptors (Lipinski definition) is 6. The molecule has 278 valence electrons. The van der Waals surface area contributed by atoms with Crippen molar-refractivity contribution in [2.45, 2.75) is 103 Å². The molecule has 0 spiro atoms. The minimum absolute atomic E-state index is 0.0849. The normalized spacial score (nSPS) is 35.6. The lowest BCUT2D eigenvalue weighted by Gasteiger charge is -2.64. The number of rotatable bonds is 8. The molecule has 0 aliphatic heterocycles. The summed E-state index contributed by atoms with van der Waals surface area (Å²) in [7, 11) is 0. The van der Waals surface area contributed by atoms with Crippen molar-refractivity contribution in [3.8, 4) is 11.8 Å². The second kappa shape index (κ2) is 15.2. The Kier molecular flexibility index (Phi) is 11.0. The van der Waals surface area contributed by atoms with Crippen molar-refractivity contribution >= 4 is 23.9 Å². The largest absolute Gasteiger partial charge is 0.461 e. The fourth-order valence-corrected chi connectivity index (χ4v) is 10.8. The molecule has 0 saturated heterocycles. The van der Waals surface area contributed by atoms with Crippen LogP contribution < -0.4 is 11.5 Å². The van der Waals surface area contributed by atoms with Crippen molar-refractivity contribution in [3.63, 3.8) is 0 Å². The van der Waals surface area contributed by atoms with Crippen LogP contribution in [0.5, 0.6) is 0 Å². The molecule has 0 radical (unpaired) electrons. The van der Waals surface area contributed by atoms with E-state index in [1.165, 1.54) is 6.08 Å². The fourth-order valence-electron chi connectivity index (χ4n) is 10.8. The van der Waals surface area contributed by atoms with Crippen LogP contribution in [0.1, 0.15) is 95.2 Å². The Hall–Kier alpha value is -3.97. The molecule has 4 saturated carbocycles. The van der Waals surface area contributed by atoms with Gasteiger partial charge >= 0.3 is 5.97 Å². The zero-order chi connectivity index (χ0) is 37.3. The maximum absolute atomic E-state index is 12.6. The average Bonchev–Trinajstić information content (AvgIpc) is 3.48. The molecule has 0 bridgehead atoms. The second-order valence-corrected chi connectivity index (χ2v) is 16.6. The number of amides is 1. The van der Waals surface area contributed by atoms with E-state index in [9.17, 15) is 24.9 Å². The van der Waals surface area contributed by atoms with Crippen molar-refractivity contribution in [3.05, 3.63) is 77.4 Å². The molecule has 9 nitrogen and oxygen atoms in total. The predicted octanol–water partition coefficient (Wildman–Crippen LogP) is 5.34. The molecular formula is C43H55N3O6. The smallest absolute Gasteiger partial charge is 0.306 e. The number of ether oxygens (including phenoxy) is 1. The van der Waals surface area contributed by atoms with E-state index in [2.05, 4.69) is 37.6 Å². The van der Waals surface area contributed by atoms with Gasteiger partial charge in [0.15, 0.2) is 5.96 Å². The van der Waals surface area contributed by atoms with Crippen LogP contribution in [0.25, 0.3) is 6.08 Å². The first-order valence-corrected chi connectivity index (χ1v) is 18.9. The third-order valence-corrected chi connectivity index (χ3v) is 13.7. The minimum atomic E-state index is -1.17. The van der Waals surface area contributed by atoms with Gasteiger partial charge in [-0.2, -0.15) is 4.99 Å². The summed E-state index contributed by atoms with van der Waals surface area (Å²) in [5.74, 6) is 6.36. The van der Waals surface area contributed by atoms with Gasteiger partial charge in [-0.25, -0.2) is 0 Å². The minimum Gasteiger partial charge on any atom is -0.461 e. The SMILES string of the molecule is CC(CCC(=O)OCc1ccccc1)C1CCC2C3C(C[C@H](O)[C@]12C)[C@@]1(C)CC[C@](O)(C#Cc2ccc(/C=C/C(=O)N=C(N)N)cc2)CC1C[C@H]3O. The predicted molar refractivity (Wildman–Crippen MR) is 201 cm³/mol. The van der Waals surface area contributed by atoms with E-state index in [0.29, 0.717) is 38.5 Å². The van der Waals surface area contributed by atoms with Gasteiger partial charge < -0.3 is 31.5 Å². The van der Waals surface area contributed by atoms with Gasteiger partial charge in [-0.05, 0) is 127 Å². The molecule has 11 atom stereocenters. The van der Waals surface area contributed by atoms with Crippen LogP contribution in [0.2, 0.25) is 0 Å². The molecule has 52 heavy (non-hydrogen) atoms. The van der Waals surface area contributed by atoms with Gasteiger partial charge in [0.25, 0.3) is 5.91 Å². The number of aliphatic hydroxyl groups is 3. The maximum atomic E-state index is 12.6. The van der Waals surface area contributed by atoms with Crippen molar-refractivity contribution in [1.82, 2.24) is 0 Å². The average molecular weight is 710 g/mol. The Morgan fingerprint density at radius 3 is 2.46 bits per heavy atom. The number of hydrogen-bond donors (Lipinski definition) is 5. The summed E-state index contributed by atoms with van der Waals surface area (Å²) >= 11 is 0. The van der Waals surface area contributed by atoms with E-state index < -0.39 is 23.7 Å². The van der Waals surface area contributed by atoms with E-state index in [4.69, 9.17) is 16.2 Å². The number of aliphatic imine (C=N–C) groups is 1. The number of benzene rings is 2. The van der Waals surface area contributed by atoms with Crippen LogP contribution in [0.3, 0.4) is 0 Å². The number of nitrogens with two attached hydrogens (primary N) is 2. The van der Waals surface area contributed by atoms with Crippen LogP contribution in [-0.4, -0.2) is 51.0 Å². The highest BCUT2D eigenvalue weighted by Crippen LogP contribution is 2.69. The Morgan fingerprint density at radius 2 is 1.75 bits per heavy atom. The van der Waals surface area contributed by atoms with Gasteiger partial charge in [0, 0.05) is 18.1 Å². The molecule has 2 aromatic rings. The van der Waals surface area contributed by atoms with Crippen molar-refractivity contribution < 1.29 is 29.6 Å². The first-order valence-electron chi connectivity index (χ1n) is 18.9. The number of carbonyl (C=O) groups is 2. The summed E-state index contributed by atoms with van der Waals surface area (Å²) in [5, 5.41) is 35.6. The number of fused-ring (bicyclic) bond motifs is 5. The highest BCUT2D eigenvalue weighted by Gasteiger charge is 2.66. The van der Waals surface area contributed by atoms with Gasteiger partial charge in [-0.1, -0.05) is 75.1 Å².